The highest BCUT2D eigenvalue weighted by Crippen LogP contribution is 2.35. The summed E-state index contributed by atoms with van der Waals surface area (Å²) in [5.74, 6) is -2.86. The number of carbonyl (C=O) groups excluding carboxylic acids is 1. The standard InChI is InChI=1S/C19H28BF2NO3/c1-18(2,3)8-11(19(4,5)6)9-23-17(24)12-7-14-13(10-26-20(14)25)16(22)15(12)21/h7,11,25H,8-10H2,1-6H3,(H,23,24). The molecule has 0 saturated heterocycles. The number of benzene rings is 1. The fourth-order valence-corrected chi connectivity index (χ4v) is 3.20. The quantitative estimate of drug-likeness (QED) is 0.805. The molecule has 0 spiro atoms. The molecule has 1 aromatic carbocycles. The molecule has 4 nitrogen and oxygen atoms in total. The Balaban J connectivity index is 2.20. The molecule has 2 N–H and O–H groups in total. The van der Waals surface area contributed by atoms with Gasteiger partial charge in [0.05, 0.1) is 12.2 Å². The monoisotopic (exact) mass is 367 g/mol. The van der Waals surface area contributed by atoms with Crippen LogP contribution in [-0.2, 0) is 11.3 Å². The minimum Gasteiger partial charge on any atom is -0.423 e. The van der Waals surface area contributed by atoms with Gasteiger partial charge in [-0.15, -0.1) is 0 Å². The van der Waals surface area contributed by atoms with Crippen LogP contribution in [0.3, 0.4) is 0 Å². The van der Waals surface area contributed by atoms with Crippen molar-refractivity contribution in [2.75, 3.05) is 6.54 Å². The second kappa shape index (κ2) is 7.27. The molecule has 0 aromatic heterocycles. The van der Waals surface area contributed by atoms with Gasteiger partial charge in [-0.2, -0.15) is 0 Å². The summed E-state index contributed by atoms with van der Waals surface area (Å²) >= 11 is 0. The largest absolute Gasteiger partial charge is 0.491 e. The molecule has 1 amide bonds. The lowest BCUT2D eigenvalue weighted by Gasteiger charge is -2.35. The predicted molar refractivity (Wildman–Crippen MR) is 98.1 cm³/mol. The Hall–Kier alpha value is -1.47. The second-order valence-corrected chi connectivity index (χ2v) is 9.32. The SMILES string of the molecule is CC(C)(C)CC(CNC(=O)c1cc2c(c(F)c1F)COB2O)C(C)(C)C. The van der Waals surface area contributed by atoms with Crippen LogP contribution in [0.15, 0.2) is 6.07 Å². The summed E-state index contributed by atoms with van der Waals surface area (Å²) in [4.78, 5) is 12.5. The second-order valence-electron chi connectivity index (χ2n) is 9.32. The van der Waals surface area contributed by atoms with Crippen LogP contribution in [-0.4, -0.2) is 24.6 Å². The molecule has 0 saturated carbocycles. The lowest BCUT2D eigenvalue weighted by atomic mass is 9.72. The zero-order valence-corrected chi connectivity index (χ0v) is 16.4. The first-order valence-corrected chi connectivity index (χ1v) is 8.90. The Morgan fingerprint density at radius 2 is 1.88 bits per heavy atom. The van der Waals surface area contributed by atoms with E-state index in [1.54, 1.807) is 0 Å². The normalized spacial score (nSPS) is 15.8. The molecule has 1 unspecified atom stereocenters. The molecule has 1 heterocycles. The first-order valence-electron chi connectivity index (χ1n) is 8.90. The number of carbonyl (C=O) groups is 1. The van der Waals surface area contributed by atoms with Crippen molar-refractivity contribution in [3.63, 3.8) is 0 Å². The van der Waals surface area contributed by atoms with Gasteiger partial charge in [-0.05, 0) is 34.7 Å². The maximum absolute atomic E-state index is 14.3. The fraction of sp³-hybridized carbons (Fsp3) is 0.632. The third kappa shape index (κ3) is 4.63. The van der Waals surface area contributed by atoms with E-state index in [0.29, 0.717) is 6.54 Å². The average molecular weight is 367 g/mol. The van der Waals surface area contributed by atoms with Crippen LogP contribution >= 0.6 is 0 Å². The highest BCUT2D eigenvalue weighted by atomic mass is 19.2. The van der Waals surface area contributed by atoms with Crippen LogP contribution < -0.4 is 10.8 Å². The average Bonchev–Trinajstić information content (AvgIpc) is 2.86. The summed E-state index contributed by atoms with van der Waals surface area (Å²) in [6, 6.07) is 1.18. The van der Waals surface area contributed by atoms with E-state index in [9.17, 15) is 18.6 Å². The van der Waals surface area contributed by atoms with E-state index in [4.69, 9.17) is 4.65 Å². The highest BCUT2D eigenvalue weighted by Gasteiger charge is 2.34. The topological polar surface area (TPSA) is 58.6 Å². The maximum atomic E-state index is 14.3. The molecule has 1 atom stereocenters. The van der Waals surface area contributed by atoms with E-state index >= 15 is 0 Å². The minimum absolute atomic E-state index is 0.0353. The third-order valence-electron chi connectivity index (χ3n) is 4.83. The van der Waals surface area contributed by atoms with Crippen molar-refractivity contribution in [1.29, 1.82) is 0 Å². The van der Waals surface area contributed by atoms with E-state index in [-0.39, 0.29) is 34.4 Å². The van der Waals surface area contributed by atoms with Gasteiger partial charge in [0.15, 0.2) is 11.6 Å². The van der Waals surface area contributed by atoms with Gasteiger partial charge in [0, 0.05) is 12.1 Å². The maximum Gasteiger partial charge on any atom is 0.491 e. The third-order valence-corrected chi connectivity index (χ3v) is 4.83. The molecular weight excluding hydrogens is 339 g/mol. The van der Waals surface area contributed by atoms with Crippen molar-refractivity contribution < 1.29 is 23.3 Å². The smallest absolute Gasteiger partial charge is 0.423 e. The Morgan fingerprint density at radius 3 is 2.42 bits per heavy atom. The Bertz CT molecular complexity index is 695. The summed E-state index contributed by atoms with van der Waals surface area (Å²) in [6.45, 7) is 12.8. The van der Waals surface area contributed by atoms with E-state index in [1.165, 1.54) is 6.07 Å². The molecule has 26 heavy (non-hydrogen) atoms. The molecule has 0 bridgehead atoms. The van der Waals surface area contributed by atoms with Crippen LogP contribution in [0.2, 0.25) is 0 Å². The van der Waals surface area contributed by atoms with Crippen LogP contribution in [0.25, 0.3) is 0 Å². The summed E-state index contributed by atoms with van der Waals surface area (Å²) in [7, 11) is -1.34. The van der Waals surface area contributed by atoms with Gasteiger partial charge in [-0.25, -0.2) is 8.78 Å². The summed E-state index contributed by atoms with van der Waals surface area (Å²) in [6.07, 6.45) is 0.879. The number of rotatable bonds is 4. The molecule has 1 aromatic rings. The van der Waals surface area contributed by atoms with Crippen LogP contribution in [0.5, 0.6) is 0 Å². The number of halogens is 2. The molecule has 2 rings (SSSR count). The van der Waals surface area contributed by atoms with Gasteiger partial charge in [0.25, 0.3) is 5.91 Å². The van der Waals surface area contributed by atoms with Gasteiger partial charge in [-0.3, -0.25) is 4.79 Å². The molecule has 1 aliphatic rings. The van der Waals surface area contributed by atoms with Gasteiger partial charge < -0.3 is 15.0 Å². The number of fused-ring (bicyclic) bond motifs is 1. The first kappa shape index (κ1) is 20.8. The number of amides is 1. The zero-order chi connectivity index (χ0) is 19.9. The first-order chi connectivity index (χ1) is 11.8. The van der Waals surface area contributed by atoms with Crippen LogP contribution in [0, 0.1) is 28.4 Å². The van der Waals surface area contributed by atoms with E-state index in [1.807, 2.05) is 0 Å². The van der Waals surface area contributed by atoms with E-state index in [2.05, 4.69) is 46.9 Å². The summed E-state index contributed by atoms with van der Waals surface area (Å²) in [5.41, 5.74) is -0.307. The minimum atomic E-state index is -1.34. The van der Waals surface area contributed by atoms with Crippen molar-refractivity contribution in [1.82, 2.24) is 5.32 Å². The summed E-state index contributed by atoms with van der Waals surface area (Å²) in [5, 5.41) is 12.4. The lowest BCUT2D eigenvalue weighted by Crippen LogP contribution is -2.38. The highest BCUT2D eigenvalue weighted by molar-refractivity contribution is 6.61. The lowest BCUT2D eigenvalue weighted by molar-refractivity contribution is 0.0910. The molecule has 144 valence electrons. The molecule has 0 fully saturated rings. The van der Waals surface area contributed by atoms with Crippen molar-refractivity contribution in [2.45, 2.75) is 54.6 Å². The van der Waals surface area contributed by atoms with Crippen LogP contribution in [0.1, 0.15) is 63.9 Å². The van der Waals surface area contributed by atoms with Crippen molar-refractivity contribution in [2.24, 2.45) is 16.7 Å². The van der Waals surface area contributed by atoms with Crippen molar-refractivity contribution in [3.05, 3.63) is 28.8 Å². The van der Waals surface area contributed by atoms with Gasteiger partial charge in [0.2, 0.25) is 0 Å². The van der Waals surface area contributed by atoms with Crippen LogP contribution in [0.4, 0.5) is 8.78 Å². The number of hydrogen-bond acceptors (Lipinski definition) is 3. The molecular formula is C19H28BF2NO3. The Labute approximate surface area is 154 Å². The summed E-state index contributed by atoms with van der Waals surface area (Å²) < 4.78 is 33.4. The molecule has 0 aliphatic carbocycles. The predicted octanol–water partition coefficient (Wildman–Crippen LogP) is 3.01. The number of hydrogen-bond donors (Lipinski definition) is 2. The Kier molecular flexibility index (Phi) is 5.83. The Morgan fingerprint density at radius 1 is 1.27 bits per heavy atom. The van der Waals surface area contributed by atoms with Gasteiger partial charge in [0.1, 0.15) is 0 Å². The zero-order valence-electron chi connectivity index (χ0n) is 16.4. The fourth-order valence-electron chi connectivity index (χ4n) is 3.20. The van der Waals surface area contributed by atoms with E-state index < -0.39 is 30.2 Å². The van der Waals surface area contributed by atoms with Crippen molar-refractivity contribution >= 4 is 18.5 Å². The number of nitrogens with one attached hydrogen (secondary N) is 1. The molecule has 0 radical (unpaired) electrons. The molecule has 1 aliphatic heterocycles. The molecule has 7 heteroatoms. The van der Waals surface area contributed by atoms with E-state index in [0.717, 1.165) is 6.42 Å². The van der Waals surface area contributed by atoms with Crippen molar-refractivity contribution in [3.8, 4) is 0 Å². The van der Waals surface area contributed by atoms with Gasteiger partial charge in [-0.1, -0.05) is 41.5 Å². The van der Waals surface area contributed by atoms with Gasteiger partial charge >= 0.3 is 7.12 Å².